The van der Waals surface area contributed by atoms with Crippen LogP contribution in [0.5, 0.6) is 0 Å². The molecule has 0 bridgehead atoms. The highest BCUT2D eigenvalue weighted by Crippen LogP contribution is 2.53. The number of nitrogens with two attached hydrogens (primary N) is 1. The second kappa shape index (κ2) is 13.8. The van der Waals surface area contributed by atoms with Gasteiger partial charge in [0.1, 0.15) is 0 Å². The van der Waals surface area contributed by atoms with Crippen LogP contribution in [0.1, 0.15) is 53.5 Å². The number of hydrogen-bond acceptors (Lipinski definition) is 3. The van der Waals surface area contributed by atoms with Crippen LogP contribution in [0, 0.1) is 0 Å². The first kappa shape index (κ1) is 32.3. The van der Waals surface area contributed by atoms with Gasteiger partial charge in [-0.25, -0.2) is 0 Å². The molecule has 3 atom stereocenters. The van der Waals surface area contributed by atoms with E-state index in [-0.39, 0.29) is 17.4 Å². The monoisotopic (exact) mass is 661 g/mol. The Balaban J connectivity index is 1.26. The third kappa shape index (κ3) is 6.10. The van der Waals surface area contributed by atoms with Crippen LogP contribution >= 0.6 is 0 Å². The largest absolute Gasteiger partial charge is 0.398 e. The Morgan fingerprint density at radius 3 is 2.33 bits per heavy atom. The minimum absolute atomic E-state index is 0.154. The smallest absolute Gasteiger partial charge is 0.0739 e. The molecule has 0 spiro atoms. The van der Waals surface area contributed by atoms with Crippen molar-refractivity contribution in [2.45, 2.75) is 37.1 Å². The number of allylic oxidation sites excluding steroid dienone is 7. The van der Waals surface area contributed by atoms with Crippen molar-refractivity contribution in [3.05, 3.63) is 204 Å². The van der Waals surface area contributed by atoms with Crippen molar-refractivity contribution in [2.24, 2.45) is 4.99 Å². The van der Waals surface area contributed by atoms with Crippen molar-refractivity contribution in [2.75, 3.05) is 17.2 Å². The molecule has 3 heteroatoms. The molecule has 0 saturated heterocycles. The Bertz CT molecular complexity index is 2220. The van der Waals surface area contributed by atoms with Crippen LogP contribution in [-0.4, -0.2) is 18.3 Å². The molecule has 5 aromatic rings. The van der Waals surface area contributed by atoms with E-state index in [2.05, 4.69) is 170 Å². The normalized spacial score (nSPS) is 22.2. The van der Waals surface area contributed by atoms with Gasteiger partial charge in [-0.1, -0.05) is 146 Å². The molecule has 2 N–H and O–H groups in total. The molecule has 5 aromatic carbocycles. The lowest BCUT2D eigenvalue weighted by atomic mass is 9.74. The standard InChI is InChI=1S/C48H43N3/c1-34-17-7-3-4-8-20-38(33-50-47(40-23-13-14-24-44(40)49)37-28-26-36(27-29-37)35-18-9-5-10-19-35)42-32-45-43(31-41(34)42)48(2)30-16-15-25-46(48)51(45)39-21-11-6-12-22-39/h3-7,9-19,21-32,38,46H,1,8,20,33,49H2,2H3/b4-3-,17-7-,50-47?. The first-order valence-corrected chi connectivity index (χ1v) is 18.0. The summed E-state index contributed by atoms with van der Waals surface area (Å²) in [4.78, 5) is 8.01. The molecule has 8 rings (SSSR count). The number of aliphatic imine (C=N–C) groups is 1. The lowest BCUT2D eigenvalue weighted by Crippen LogP contribution is -2.39. The van der Waals surface area contributed by atoms with E-state index in [0.29, 0.717) is 6.54 Å². The Morgan fingerprint density at radius 2 is 1.55 bits per heavy atom. The number of fused-ring (bicyclic) bond motifs is 4. The van der Waals surface area contributed by atoms with Gasteiger partial charge < -0.3 is 10.6 Å². The van der Waals surface area contributed by atoms with Gasteiger partial charge in [-0.3, -0.25) is 4.99 Å². The summed E-state index contributed by atoms with van der Waals surface area (Å²) in [5, 5.41) is 0. The lowest BCUT2D eigenvalue weighted by Gasteiger charge is -2.34. The van der Waals surface area contributed by atoms with Gasteiger partial charge in [-0.05, 0) is 83.5 Å². The molecule has 0 radical (unpaired) electrons. The van der Waals surface area contributed by atoms with Gasteiger partial charge in [0.2, 0.25) is 0 Å². The number of rotatable bonds is 6. The Hall–Kier alpha value is -5.93. The van der Waals surface area contributed by atoms with Crippen molar-refractivity contribution in [1.82, 2.24) is 0 Å². The minimum Gasteiger partial charge on any atom is -0.398 e. The average Bonchev–Trinajstić information content (AvgIpc) is 3.43. The van der Waals surface area contributed by atoms with E-state index >= 15 is 0 Å². The molecule has 2 aliphatic carbocycles. The topological polar surface area (TPSA) is 41.6 Å². The SMILES string of the molecule is C=C1/C=C\C=C/CCC(CN=C(c2ccc(-c3ccccc3)cc2)c2ccccc2N)c2cc3c(cc21)C1(C)C=CC=CC1N3c1ccccc1. The number of benzene rings is 5. The number of para-hydroxylation sites is 2. The van der Waals surface area contributed by atoms with Crippen LogP contribution in [0.15, 0.2) is 182 Å². The maximum atomic E-state index is 6.64. The number of hydrogen-bond donors (Lipinski definition) is 1. The second-order valence-corrected chi connectivity index (χ2v) is 13.9. The molecule has 0 fully saturated rings. The molecule has 1 heterocycles. The molecule has 0 saturated carbocycles. The predicted molar refractivity (Wildman–Crippen MR) is 217 cm³/mol. The maximum Gasteiger partial charge on any atom is 0.0739 e. The Kier molecular flexibility index (Phi) is 8.71. The van der Waals surface area contributed by atoms with Crippen molar-refractivity contribution < 1.29 is 0 Å². The fourth-order valence-electron chi connectivity index (χ4n) is 7.99. The average molecular weight is 662 g/mol. The van der Waals surface area contributed by atoms with Gasteiger partial charge >= 0.3 is 0 Å². The summed E-state index contributed by atoms with van der Waals surface area (Å²) in [6.07, 6.45) is 19.7. The molecule has 0 aromatic heterocycles. The molecular weight excluding hydrogens is 619 g/mol. The van der Waals surface area contributed by atoms with Crippen LogP contribution in [0.3, 0.4) is 0 Å². The third-order valence-corrected chi connectivity index (χ3v) is 10.7. The first-order chi connectivity index (χ1) is 25.0. The summed E-state index contributed by atoms with van der Waals surface area (Å²) in [5.74, 6) is 0.154. The minimum atomic E-state index is -0.175. The summed E-state index contributed by atoms with van der Waals surface area (Å²) in [7, 11) is 0. The highest BCUT2D eigenvalue weighted by Gasteiger charge is 2.47. The number of anilines is 3. The zero-order valence-corrected chi connectivity index (χ0v) is 29.1. The Labute approximate surface area is 302 Å². The quantitative estimate of drug-likeness (QED) is 0.145. The van der Waals surface area contributed by atoms with Crippen molar-refractivity contribution in [1.29, 1.82) is 0 Å². The molecule has 3 nitrogen and oxygen atoms in total. The fourth-order valence-corrected chi connectivity index (χ4v) is 7.99. The number of nitrogen functional groups attached to an aromatic ring is 1. The van der Waals surface area contributed by atoms with Gasteiger partial charge in [-0.2, -0.15) is 0 Å². The highest BCUT2D eigenvalue weighted by molar-refractivity contribution is 6.15. The molecule has 3 aliphatic rings. The summed E-state index contributed by atoms with van der Waals surface area (Å²) in [5.41, 5.74) is 19.8. The van der Waals surface area contributed by atoms with E-state index in [4.69, 9.17) is 10.7 Å². The number of nitrogens with zero attached hydrogens (tertiary/aromatic N) is 2. The van der Waals surface area contributed by atoms with Gasteiger partial charge in [0.25, 0.3) is 0 Å². The van der Waals surface area contributed by atoms with Crippen molar-refractivity contribution >= 4 is 28.3 Å². The molecule has 51 heavy (non-hydrogen) atoms. The molecular formula is C48H43N3. The van der Waals surface area contributed by atoms with Crippen LogP contribution < -0.4 is 10.6 Å². The van der Waals surface area contributed by atoms with Crippen LogP contribution in [0.2, 0.25) is 0 Å². The second-order valence-electron chi connectivity index (χ2n) is 13.9. The zero-order chi connectivity index (χ0) is 34.8. The van der Waals surface area contributed by atoms with Gasteiger partial charge in [0, 0.05) is 46.1 Å². The summed E-state index contributed by atoms with van der Waals surface area (Å²) in [6, 6.07) is 43.2. The zero-order valence-electron chi connectivity index (χ0n) is 29.1. The van der Waals surface area contributed by atoms with Gasteiger partial charge in [0.05, 0.1) is 11.8 Å². The van der Waals surface area contributed by atoms with E-state index in [0.717, 1.165) is 40.9 Å². The van der Waals surface area contributed by atoms with E-state index < -0.39 is 0 Å². The van der Waals surface area contributed by atoms with Crippen molar-refractivity contribution in [3.8, 4) is 11.1 Å². The summed E-state index contributed by atoms with van der Waals surface area (Å²) in [6.45, 7) is 7.60. The van der Waals surface area contributed by atoms with E-state index in [1.807, 2.05) is 18.2 Å². The van der Waals surface area contributed by atoms with Gasteiger partial charge in [-0.15, -0.1) is 0 Å². The van der Waals surface area contributed by atoms with Crippen LogP contribution in [-0.2, 0) is 5.41 Å². The van der Waals surface area contributed by atoms with Crippen LogP contribution in [0.4, 0.5) is 17.1 Å². The van der Waals surface area contributed by atoms with Crippen LogP contribution in [0.25, 0.3) is 16.7 Å². The first-order valence-electron chi connectivity index (χ1n) is 18.0. The maximum absolute atomic E-state index is 6.64. The fraction of sp³-hybridized carbons (Fsp3) is 0.146. The highest BCUT2D eigenvalue weighted by atomic mass is 15.2. The Morgan fingerprint density at radius 1 is 0.824 bits per heavy atom. The summed E-state index contributed by atoms with van der Waals surface area (Å²) < 4.78 is 0. The van der Waals surface area contributed by atoms with E-state index in [1.54, 1.807) is 0 Å². The molecule has 1 aliphatic heterocycles. The lowest BCUT2D eigenvalue weighted by molar-refractivity contribution is 0.550. The summed E-state index contributed by atoms with van der Waals surface area (Å²) >= 11 is 0. The third-order valence-electron chi connectivity index (χ3n) is 10.7. The predicted octanol–water partition coefficient (Wildman–Crippen LogP) is 11.4. The van der Waals surface area contributed by atoms with E-state index in [9.17, 15) is 0 Å². The van der Waals surface area contributed by atoms with Crippen molar-refractivity contribution in [3.63, 3.8) is 0 Å². The molecule has 0 amide bonds. The molecule has 3 unspecified atom stereocenters. The van der Waals surface area contributed by atoms with E-state index in [1.165, 1.54) is 39.2 Å². The molecule has 250 valence electrons. The van der Waals surface area contributed by atoms with Gasteiger partial charge in [0.15, 0.2) is 0 Å².